The van der Waals surface area contributed by atoms with E-state index in [0.717, 1.165) is 19.4 Å². The second-order valence-corrected chi connectivity index (χ2v) is 4.47. The molecule has 0 fully saturated rings. The lowest BCUT2D eigenvalue weighted by atomic mass is 9.90. The fourth-order valence-electron chi connectivity index (χ4n) is 2.02. The molecule has 0 amide bonds. The van der Waals surface area contributed by atoms with Crippen molar-refractivity contribution in [2.45, 2.75) is 26.2 Å². The highest BCUT2D eigenvalue weighted by Crippen LogP contribution is 2.18. The van der Waals surface area contributed by atoms with Crippen LogP contribution in [0.1, 0.15) is 25.3 Å². The van der Waals surface area contributed by atoms with Gasteiger partial charge in [-0.3, -0.25) is 0 Å². The highest BCUT2D eigenvalue weighted by atomic mass is 14.5. The molecule has 0 saturated heterocycles. The number of hydrogen-bond donors (Lipinski definition) is 1. The van der Waals surface area contributed by atoms with Crippen LogP contribution >= 0.6 is 0 Å². The molecule has 0 aliphatic heterocycles. The molecule has 1 rings (SSSR count). The van der Waals surface area contributed by atoms with E-state index in [0.29, 0.717) is 11.8 Å². The zero-order valence-corrected chi connectivity index (χ0v) is 9.65. The Hall–Kier alpha value is -0.820. The molecule has 1 radical (unpaired) electrons. The van der Waals surface area contributed by atoms with Gasteiger partial charge in [0.1, 0.15) is 0 Å². The van der Waals surface area contributed by atoms with Crippen LogP contribution in [0.3, 0.4) is 0 Å². The maximum absolute atomic E-state index is 5.52. The van der Waals surface area contributed by atoms with Gasteiger partial charge < -0.3 is 5.73 Å². The number of nitrogens with two attached hydrogens (primary N) is 1. The van der Waals surface area contributed by atoms with E-state index in [1.54, 1.807) is 0 Å². The lowest BCUT2D eigenvalue weighted by Crippen LogP contribution is -2.10. The average Bonchev–Trinajstić information content (AvgIpc) is 2.19. The molecule has 2 unspecified atom stereocenters. The molecule has 1 aromatic carbocycles. The van der Waals surface area contributed by atoms with Crippen molar-refractivity contribution in [2.24, 2.45) is 17.6 Å². The van der Waals surface area contributed by atoms with Gasteiger partial charge >= 0.3 is 0 Å². The molecule has 2 N–H and O–H groups in total. The van der Waals surface area contributed by atoms with E-state index in [1.807, 2.05) is 0 Å². The summed E-state index contributed by atoms with van der Waals surface area (Å²) in [6, 6.07) is 10.6. The van der Waals surface area contributed by atoms with E-state index in [-0.39, 0.29) is 0 Å². The van der Waals surface area contributed by atoms with E-state index < -0.39 is 0 Å². The number of benzene rings is 1. The van der Waals surface area contributed by atoms with Crippen LogP contribution in [0.5, 0.6) is 0 Å². The van der Waals surface area contributed by atoms with Crippen molar-refractivity contribution in [3.63, 3.8) is 0 Å². The molecule has 0 saturated carbocycles. The molecule has 0 aromatic heterocycles. The Morgan fingerprint density at radius 2 is 1.93 bits per heavy atom. The van der Waals surface area contributed by atoms with Crippen molar-refractivity contribution in [3.8, 4) is 0 Å². The summed E-state index contributed by atoms with van der Waals surface area (Å²) >= 11 is 0. The molecule has 1 heteroatoms. The zero-order chi connectivity index (χ0) is 11.1. The smallest absolute Gasteiger partial charge is 0.00746 e. The van der Waals surface area contributed by atoms with Crippen LogP contribution < -0.4 is 5.73 Å². The Bertz CT molecular complexity index is 255. The largest absolute Gasteiger partial charge is 0.330 e. The molecule has 2 atom stereocenters. The standard InChI is InChI=1S/C14H22N/c1-12(8-9-15)10-13(2)11-14-6-4-3-5-7-14/h3-7,12-13H,1,8-11,15H2,2H3. The molecule has 1 aromatic rings. The van der Waals surface area contributed by atoms with Gasteiger partial charge in [0.05, 0.1) is 0 Å². The summed E-state index contributed by atoms with van der Waals surface area (Å²) in [6.07, 6.45) is 3.36. The van der Waals surface area contributed by atoms with Crippen LogP contribution in [0.15, 0.2) is 30.3 Å². The van der Waals surface area contributed by atoms with Crippen molar-refractivity contribution < 1.29 is 0 Å². The van der Waals surface area contributed by atoms with Crippen molar-refractivity contribution in [3.05, 3.63) is 42.8 Å². The zero-order valence-electron chi connectivity index (χ0n) is 9.65. The third-order valence-electron chi connectivity index (χ3n) is 2.74. The predicted molar refractivity (Wildman–Crippen MR) is 66.4 cm³/mol. The molecule has 83 valence electrons. The van der Waals surface area contributed by atoms with Gasteiger partial charge in [0, 0.05) is 0 Å². The van der Waals surface area contributed by atoms with E-state index in [2.05, 4.69) is 44.2 Å². The van der Waals surface area contributed by atoms with Gasteiger partial charge in [-0.15, -0.1) is 0 Å². The summed E-state index contributed by atoms with van der Waals surface area (Å²) < 4.78 is 0. The SMILES string of the molecule is [CH2]C(CCN)CC(C)Cc1ccccc1. The molecule has 15 heavy (non-hydrogen) atoms. The highest BCUT2D eigenvalue weighted by molar-refractivity contribution is 5.15. The average molecular weight is 204 g/mol. The predicted octanol–water partition coefficient (Wildman–Crippen LogP) is 3.05. The molecule has 1 nitrogen and oxygen atoms in total. The van der Waals surface area contributed by atoms with Crippen LogP contribution in [0.25, 0.3) is 0 Å². The van der Waals surface area contributed by atoms with Crippen molar-refractivity contribution >= 4 is 0 Å². The Morgan fingerprint density at radius 3 is 2.53 bits per heavy atom. The number of rotatable bonds is 6. The first-order chi connectivity index (χ1) is 7.22. The monoisotopic (exact) mass is 204 g/mol. The quantitative estimate of drug-likeness (QED) is 0.757. The maximum atomic E-state index is 5.52. The minimum absolute atomic E-state index is 0.508. The lowest BCUT2D eigenvalue weighted by Gasteiger charge is -2.16. The Kier molecular flexibility index (Phi) is 5.41. The molecule has 0 aliphatic rings. The van der Waals surface area contributed by atoms with Gasteiger partial charge in [0.25, 0.3) is 0 Å². The summed E-state index contributed by atoms with van der Waals surface area (Å²) in [7, 11) is 0. The van der Waals surface area contributed by atoms with Crippen LogP contribution in [-0.4, -0.2) is 6.54 Å². The van der Waals surface area contributed by atoms with Gasteiger partial charge in [-0.05, 0) is 43.2 Å². The van der Waals surface area contributed by atoms with Gasteiger partial charge in [-0.1, -0.05) is 44.2 Å². The van der Waals surface area contributed by atoms with Crippen LogP contribution in [0.4, 0.5) is 0 Å². The molecule has 0 spiro atoms. The summed E-state index contributed by atoms with van der Waals surface area (Å²) in [4.78, 5) is 0. The number of hydrogen-bond acceptors (Lipinski definition) is 1. The summed E-state index contributed by atoms with van der Waals surface area (Å²) in [5.74, 6) is 1.20. The fraction of sp³-hybridized carbons (Fsp3) is 0.500. The van der Waals surface area contributed by atoms with E-state index in [4.69, 9.17) is 5.73 Å². The van der Waals surface area contributed by atoms with Gasteiger partial charge in [0.2, 0.25) is 0 Å². The van der Waals surface area contributed by atoms with Crippen molar-refractivity contribution in [2.75, 3.05) is 6.54 Å². The second kappa shape index (κ2) is 6.62. The van der Waals surface area contributed by atoms with Crippen LogP contribution in [0, 0.1) is 18.8 Å². The first kappa shape index (κ1) is 12.3. The highest BCUT2D eigenvalue weighted by Gasteiger charge is 2.08. The fourth-order valence-corrected chi connectivity index (χ4v) is 2.02. The summed E-state index contributed by atoms with van der Waals surface area (Å²) in [5, 5.41) is 0. The van der Waals surface area contributed by atoms with Crippen LogP contribution in [0.2, 0.25) is 0 Å². The first-order valence-electron chi connectivity index (χ1n) is 5.79. The first-order valence-corrected chi connectivity index (χ1v) is 5.79. The van der Waals surface area contributed by atoms with Gasteiger partial charge in [0.15, 0.2) is 0 Å². The third-order valence-corrected chi connectivity index (χ3v) is 2.74. The second-order valence-electron chi connectivity index (χ2n) is 4.47. The molecule has 0 bridgehead atoms. The van der Waals surface area contributed by atoms with Crippen molar-refractivity contribution in [1.82, 2.24) is 0 Å². The molecule has 0 aliphatic carbocycles. The topological polar surface area (TPSA) is 26.0 Å². The lowest BCUT2D eigenvalue weighted by molar-refractivity contribution is 0.426. The molecule has 0 heterocycles. The molecular formula is C14H22N. The van der Waals surface area contributed by atoms with Crippen LogP contribution in [-0.2, 0) is 6.42 Å². The van der Waals surface area contributed by atoms with E-state index in [1.165, 1.54) is 12.0 Å². The third kappa shape index (κ3) is 4.98. The van der Waals surface area contributed by atoms with E-state index >= 15 is 0 Å². The maximum Gasteiger partial charge on any atom is -0.00746 e. The van der Waals surface area contributed by atoms with Gasteiger partial charge in [-0.25, -0.2) is 0 Å². The van der Waals surface area contributed by atoms with Gasteiger partial charge in [-0.2, -0.15) is 0 Å². The van der Waals surface area contributed by atoms with E-state index in [9.17, 15) is 0 Å². The summed E-state index contributed by atoms with van der Waals surface area (Å²) in [5.41, 5.74) is 6.94. The Labute approximate surface area is 93.7 Å². The summed E-state index contributed by atoms with van der Waals surface area (Å²) in [6.45, 7) is 7.18. The Morgan fingerprint density at radius 1 is 1.27 bits per heavy atom. The molecular weight excluding hydrogens is 182 g/mol. The minimum atomic E-state index is 0.508. The minimum Gasteiger partial charge on any atom is -0.330 e. The van der Waals surface area contributed by atoms with Crippen molar-refractivity contribution in [1.29, 1.82) is 0 Å². The Balaban J connectivity index is 2.33. The normalized spacial score (nSPS) is 14.9.